The molecule has 0 amide bonds. The van der Waals surface area contributed by atoms with Gasteiger partial charge in [-0.2, -0.15) is 0 Å². The van der Waals surface area contributed by atoms with Gasteiger partial charge in [-0.05, 0) is 33.0 Å². The van der Waals surface area contributed by atoms with Gasteiger partial charge in [-0.25, -0.2) is 0 Å². The van der Waals surface area contributed by atoms with Crippen molar-refractivity contribution in [3.05, 3.63) is 0 Å². The first-order valence-electron chi connectivity index (χ1n) is 4.08. The van der Waals surface area contributed by atoms with Crippen LogP contribution < -0.4 is 0 Å². The van der Waals surface area contributed by atoms with Gasteiger partial charge in [-0.3, -0.25) is 0 Å². The number of nitrogens with zero attached hydrogens (tertiary/aromatic N) is 1. The summed E-state index contributed by atoms with van der Waals surface area (Å²) in [7, 11) is 2.23. The summed E-state index contributed by atoms with van der Waals surface area (Å²) >= 11 is 0. The van der Waals surface area contributed by atoms with E-state index in [-0.39, 0.29) is 0 Å². The number of hydrogen-bond donors (Lipinski definition) is 0. The van der Waals surface area contributed by atoms with Gasteiger partial charge in [0.1, 0.15) is 0 Å². The fourth-order valence-electron chi connectivity index (χ4n) is 1.41. The van der Waals surface area contributed by atoms with E-state index < -0.39 is 0 Å². The van der Waals surface area contributed by atoms with Crippen molar-refractivity contribution < 1.29 is 0 Å². The molecule has 0 bridgehead atoms. The maximum atomic E-state index is 2.44. The molecule has 1 heteroatoms. The van der Waals surface area contributed by atoms with E-state index in [0.29, 0.717) is 0 Å². The molecule has 1 rings (SSSR count). The van der Waals surface area contributed by atoms with Crippen molar-refractivity contribution in [2.75, 3.05) is 20.1 Å². The molecule has 1 aliphatic heterocycles. The highest BCUT2D eigenvalue weighted by molar-refractivity contribution is 4.56. The topological polar surface area (TPSA) is 3.24 Å². The van der Waals surface area contributed by atoms with Gasteiger partial charge in [0.25, 0.3) is 0 Å². The van der Waals surface area contributed by atoms with Crippen molar-refractivity contribution in [2.45, 2.75) is 32.1 Å². The van der Waals surface area contributed by atoms with Gasteiger partial charge in [0.15, 0.2) is 0 Å². The average molecular weight is 127 g/mol. The fraction of sp³-hybridized carbons (Fsp3) is 1.00. The molecular formula is C8H17N. The first-order chi connectivity index (χ1) is 4.39. The molecule has 0 aromatic heterocycles. The Morgan fingerprint density at radius 1 is 0.778 bits per heavy atom. The van der Waals surface area contributed by atoms with E-state index in [2.05, 4.69) is 11.9 Å². The summed E-state index contributed by atoms with van der Waals surface area (Å²) < 4.78 is 0. The molecular weight excluding hydrogens is 110 g/mol. The van der Waals surface area contributed by atoms with Gasteiger partial charge >= 0.3 is 0 Å². The third-order valence-electron chi connectivity index (χ3n) is 2.08. The van der Waals surface area contributed by atoms with Crippen molar-refractivity contribution in [1.82, 2.24) is 4.90 Å². The lowest BCUT2D eigenvalue weighted by Crippen LogP contribution is -2.22. The Labute approximate surface area is 58.0 Å². The van der Waals surface area contributed by atoms with E-state index in [1.54, 1.807) is 0 Å². The Bertz CT molecular complexity index is 63.0. The van der Waals surface area contributed by atoms with Crippen LogP contribution in [0, 0.1) is 0 Å². The molecule has 0 unspecified atom stereocenters. The molecule has 0 aromatic carbocycles. The van der Waals surface area contributed by atoms with Crippen LogP contribution in [0.5, 0.6) is 0 Å². The van der Waals surface area contributed by atoms with E-state index in [9.17, 15) is 0 Å². The molecule has 1 nitrogen and oxygen atoms in total. The van der Waals surface area contributed by atoms with Crippen LogP contribution in [-0.2, 0) is 0 Å². The largest absolute Gasteiger partial charge is 0.306 e. The zero-order valence-electron chi connectivity index (χ0n) is 6.40. The van der Waals surface area contributed by atoms with Gasteiger partial charge in [0.2, 0.25) is 0 Å². The summed E-state index contributed by atoms with van der Waals surface area (Å²) in [5, 5.41) is 0. The second kappa shape index (κ2) is 3.89. The summed E-state index contributed by atoms with van der Waals surface area (Å²) in [6, 6.07) is 0. The smallest absolute Gasteiger partial charge is 0.00218 e. The van der Waals surface area contributed by atoms with E-state index in [0.717, 1.165) is 0 Å². The quantitative estimate of drug-likeness (QED) is 0.480. The average Bonchev–Trinajstić information content (AvgIpc) is 1.79. The molecule has 1 fully saturated rings. The van der Waals surface area contributed by atoms with Crippen LogP contribution in [-0.4, -0.2) is 25.0 Å². The zero-order valence-corrected chi connectivity index (χ0v) is 6.40. The molecule has 9 heavy (non-hydrogen) atoms. The fourth-order valence-corrected chi connectivity index (χ4v) is 1.41. The predicted molar refractivity (Wildman–Crippen MR) is 40.6 cm³/mol. The Kier molecular flexibility index (Phi) is 3.05. The predicted octanol–water partition coefficient (Wildman–Crippen LogP) is 1.88. The zero-order chi connectivity index (χ0) is 6.53. The molecule has 0 saturated carbocycles. The van der Waals surface area contributed by atoms with Gasteiger partial charge < -0.3 is 4.90 Å². The van der Waals surface area contributed by atoms with Crippen molar-refractivity contribution in [3.63, 3.8) is 0 Å². The summed E-state index contributed by atoms with van der Waals surface area (Å²) in [5.74, 6) is 0. The van der Waals surface area contributed by atoms with Crippen molar-refractivity contribution in [3.8, 4) is 0 Å². The standard InChI is InChI=1S/C8H17N/c1-9-7-5-3-2-4-6-8-9/h2-8H2,1H3. The minimum atomic E-state index is 1.32. The monoisotopic (exact) mass is 127 g/mol. The minimum absolute atomic E-state index is 1.32. The van der Waals surface area contributed by atoms with Gasteiger partial charge in [-0.1, -0.05) is 19.3 Å². The second-order valence-electron chi connectivity index (χ2n) is 3.07. The maximum Gasteiger partial charge on any atom is -0.00218 e. The molecule has 0 N–H and O–H groups in total. The van der Waals surface area contributed by atoms with E-state index in [4.69, 9.17) is 0 Å². The van der Waals surface area contributed by atoms with Crippen molar-refractivity contribution >= 4 is 0 Å². The summed E-state index contributed by atoms with van der Waals surface area (Å²) in [4.78, 5) is 2.44. The lowest BCUT2D eigenvalue weighted by Gasteiger charge is -2.18. The Morgan fingerprint density at radius 2 is 1.22 bits per heavy atom. The molecule has 54 valence electrons. The number of likely N-dealkylation sites (tertiary alicyclic amines) is 1. The van der Waals surface area contributed by atoms with Gasteiger partial charge in [0, 0.05) is 0 Å². The SMILES string of the molecule is CN1CCCCCCC1. The number of rotatable bonds is 0. The van der Waals surface area contributed by atoms with Crippen LogP contribution >= 0.6 is 0 Å². The summed E-state index contributed by atoms with van der Waals surface area (Å²) in [6.07, 6.45) is 7.19. The first-order valence-corrected chi connectivity index (χ1v) is 4.08. The third kappa shape index (κ3) is 2.85. The van der Waals surface area contributed by atoms with Crippen LogP contribution in [0.25, 0.3) is 0 Å². The van der Waals surface area contributed by atoms with Crippen LogP contribution in [0.15, 0.2) is 0 Å². The third-order valence-corrected chi connectivity index (χ3v) is 2.08. The van der Waals surface area contributed by atoms with Crippen LogP contribution in [0.2, 0.25) is 0 Å². The Balaban J connectivity index is 2.12. The highest BCUT2D eigenvalue weighted by Crippen LogP contribution is 2.08. The number of hydrogen-bond acceptors (Lipinski definition) is 1. The molecule has 0 spiro atoms. The molecule has 1 aliphatic rings. The normalized spacial score (nSPS) is 25.0. The van der Waals surface area contributed by atoms with Crippen molar-refractivity contribution in [1.29, 1.82) is 0 Å². The van der Waals surface area contributed by atoms with Crippen LogP contribution in [0.1, 0.15) is 32.1 Å². The van der Waals surface area contributed by atoms with E-state index in [1.807, 2.05) is 0 Å². The van der Waals surface area contributed by atoms with Gasteiger partial charge in [0.05, 0.1) is 0 Å². The molecule has 1 saturated heterocycles. The second-order valence-corrected chi connectivity index (χ2v) is 3.07. The van der Waals surface area contributed by atoms with Gasteiger partial charge in [-0.15, -0.1) is 0 Å². The lowest BCUT2D eigenvalue weighted by atomic mass is 10.1. The Hall–Kier alpha value is -0.0400. The van der Waals surface area contributed by atoms with E-state index >= 15 is 0 Å². The van der Waals surface area contributed by atoms with Crippen molar-refractivity contribution in [2.24, 2.45) is 0 Å². The molecule has 0 atom stereocenters. The minimum Gasteiger partial charge on any atom is -0.306 e. The Morgan fingerprint density at radius 3 is 1.78 bits per heavy atom. The maximum absolute atomic E-state index is 2.44. The van der Waals surface area contributed by atoms with Crippen LogP contribution in [0.3, 0.4) is 0 Å². The molecule has 1 heterocycles. The van der Waals surface area contributed by atoms with Crippen LogP contribution in [0.4, 0.5) is 0 Å². The highest BCUT2D eigenvalue weighted by Gasteiger charge is 2.01. The highest BCUT2D eigenvalue weighted by atomic mass is 15.1. The molecule has 0 radical (unpaired) electrons. The van der Waals surface area contributed by atoms with E-state index in [1.165, 1.54) is 45.2 Å². The molecule has 0 aromatic rings. The summed E-state index contributed by atoms with van der Waals surface area (Å²) in [5.41, 5.74) is 0. The first kappa shape index (κ1) is 7.07. The lowest BCUT2D eigenvalue weighted by molar-refractivity contribution is 0.297. The molecule has 0 aliphatic carbocycles. The summed E-state index contributed by atoms with van der Waals surface area (Å²) in [6.45, 7) is 2.64.